The van der Waals surface area contributed by atoms with Gasteiger partial charge in [0.25, 0.3) is 0 Å². The van der Waals surface area contributed by atoms with Gasteiger partial charge in [0.15, 0.2) is 0 Å². The Hall–Kier alpha value is -12.5. The molecule has 0 atom stereocenters. The van der Waals surface area contributed by atoms with E-state index in [1.165, 1.54) is 163 Å². The number of thiophene rings is 4. The van der Waals surface area contributed by atoms with Crippen LogP contribution in [0.1, 0.15) is 0 Å². The summed E-state index contributed by atoms with van der Waals surface area (Å²) in [5, 5.41) is 19.8. The summed E-state index contributed by atoms with van der Waals surface area (Å²) in [5.41, 5.74) is 18.5. The fourth-order valence-electron chi connectivity index (χ4n) is 17.2. The molecular weight excluding hydrogens is 1360 g/mol. The van der Waals surface area contributed by atoms with Crippen molar-refractivity contribution >= 4 is 203 Å². The zero-order valence-corrected chi connectivity index (χ0v) is 60.4. The number of para-hydroxylation sites is 2. The molecular formula is C100H60N2S4. The molecule has 0 saturated carbocycles. The highest BCUT2D eigenvalue weighted by Gasteiger charge is 2.31. The van der Waals surface area contributed by atoms with Gasteiger partial charge in [0.1, 0.15) is 0 Å². The molecule has 0 aliphatic carbocycles. The van der Waals surface area contributed by atoms with E-state index < -0.39 is 0 Å². The molecule has 0 amide bonds. The van der Waals surface area contributed by atoms with Gasteiger partial charge in [-0.05, 0) is 127 Å². The Morgan fingerprint density at radius 2 is 0.519 bits per heavy atom. The molecule has 0 unspecified atom stereocenters. The minimum absolute atomic E-state index is 1.10. The second-order valence-electron chi connectivity index (χ2n) is 27.6. The van der Waals surface area contributed by atoms with Gasteiger partial charge in [-0.3, -0.25) is 0 Å². The van der Waals surface area contributed by atoms with Crippen LogP contribution in [0.15, 0.2) is 364 Å². The van der Waals surface area contributed by atoms with E-state index >= 15 is 0 Å². The van der Waals surface area contributed by atoms with Crippen molar-refractivity contribution in [1.29, 1.82) is 0 Å². The summed E-state index contributed by atoms with van der Waals surface area (Å²) >= 11 is 7.53. The predicted molar refractivity (Wildman–Crippen MR) is 465 cm³/mol. The smallest absolute Gasteiger partial charge is 0.0641 e. The molecule has 6 heteroatoms. The maximum atomic E-state index is 2.63. The molecule has 22 rings (SSSR count). The van der Waals surface area contributed by atoms with E-state index in [0.717, 1.165) is 50.8 Å². The van der Waals surface area contributed by atoms with Crippen LogP contribution in [0.5, 0.6) is 0 Å². The van der Waals surface area contributed by atoms with Crippen LogP contribution < -0.4 is 9.80 Å². The topological polar surface area (TPSA) is 6.48 Å². The van der Waals surface area contributed by atoms with E-state index in [9.17, 15) is 0 Å². The Labute approximate surface area is 627 Å². The van der Waals surface area contributed by atoms with E-state index in [-0.39, 0.29) is 0 Å². The third-order valence-electron chi connectivity index (χ3n) is 21.8. The van der Waals surface area contributed by atoms with E-state index in [0.29, 0.717) is 0 Å². The van der Waals surface area contributed by atoms with Crippen molar-refractivity contribution in [2.24, 2.45) is 0 Å². The van der Waals surface area contributed by atoms with Gasteiger partial charge in [0.05, 0.1) is 33.1 Å². The summed E-state index contributed by atoms with van der Waals surface area (Å²) in [6.07, 6.45) is 0. The highest BCUT2D eigenvalue weighted by atomic mass is 32.1. The van der Waals surface area contributed by atoms with Gasteiger partial charge >= 0.3 is 0 Å². The van der Waals surface area contributed by atoms with Crippen LogP contribution in [0.2, 0.25) is 0 Å². The summed E-state index contributed by atoms with van der Waals surface area (Å²) in [5.74, 6) is 0. The van der Waals surface area contributed by atoms with Gasteiger partial charge in [-0.15, -0.1) is 45.3 Å². The van der Waals surface area contributed by atoms with Crippen molar-refractivity contribution in [2.45, 2.75) is 0 Å². The molecule has 2 nitrogen and oxygen atoms in total. The molecule has 0 fully saturated rings. The Morgan fingerprint density at radius 3 is 1.13 bits per heavy atom. The van der Waals surface area contributed by atoms with Gasteiger partial charge in [-0.2, -0.15) is 0 Å². The number of hydrogen-bond acceptors (Lipinski definition) is 6. The molecule has 106 heavy (non-hydrogen) atoms. The lowest BCUT2D eigenvalue weighted by molar-refractivity contribution is 1.31. The van der Waals surface area contributed by atoms with Crippen molar-refractivity contribution in [1.82, 2.24) is 0 Å². The second kappa shape index (κ2) is 24.6. The van der Waals surface area contributed by atoms with Crippen LogP contribution in [0.3, 0.4) is 0 Å². The van der Waals surface area contributed by atoms with E-state index in [1.54, 1.807) is 0 Å². The average Bonchev–Trinajstić information content (AvgIpc) is 0.768. The zero-order chi connectivity index (χ0) is 69.5. The predicted octanol–water partition coefficient (Wildman–Crippen LogP) is 31.0. The monoisotopic (exact) mass is 1420 g/mol. The average molecular weight is 1420 g/mol. The Balaban J connectivity index is 0.742. The lowest BCUT2D eigenvalue weighted by atomic mass is 9.88. The largest absolute Gasteiger partial charge is 0.309 e. The van der Waals surface area contributed by atoms with Crippen molar-refractivity contribution in [2.75, 3.05) is 9.80 Å². The van der Waals surface area contributed by atoms with Crippen LogP contribution >= 0.6 is 45.3 Å². The van der Waals surface area contributed by atoms with Gasteiger partial charge < -0.3 is 9.80 Å². The summed E-state index contributed by atoms with van der Waals surface area (Å²) < 4.78 is 10.2. The van der Waals surface area contributed by atoms with Gasteiger partial charge in [0.2, 0.25) is 0 Å². The first-order valence-corrected chi connectivity index (χ1v) is 39.4. The van der Waals surface area contributed by atoms with Crippen molar-refractivity contribution in [3.63, 3.8) is 0 Å². The van der Waals surface area contributed by atoms with Crippen LogP contribution in [0.4, 0.5) is 34.1 Å². The number of fused-ring (bicyclic) bond motifs is 18. The van der Waals surface area contributed by atoms with Crippen LogP contribution in [-0.2, 0) is 0 Å². The fraction of sp³-hybridized carbons (Fsp3) is 0. The molecule has 0 radical (unpaired) electrons. The molecule has 4 aromatic heterocycles. The van der Waals surface area contributed by atoms with Gasteiger partial charge in [-0.25, -0.2) is 0 Å². The van der Waals surface area contributed by atoms with Gasteiger partial charge in [-0.1, -0.05) is 291 Å². The second-order valence-corrected chi connectivity index (χ2v) is 31.8. The molecule has 18 aromatic carbocycles. The normalized spacial score (nSPS) is 12.0. The molecule has 0 spiro atoms. The van der Waals surface area contributed by atoms with Crippen LogP contribution in [0.25, 0.3) is 179 Å². The Morgan fingerprint density at radius 1 is 0.170 bits per heavy atom. The number of benzene rings is 18. The first kappa shape index (κ1) is 61.0. The highest BCUT2D eigenvalue weighted by molar-refractivity contribution is 7.27. The summed E-state index contributed by atoms with van der Waals surface area (Å²) in [4.78, 5) is 5.24. The standard InChI is InChI=1S/C100H60N2S4/c1-2-26-61(27-3-1)94-75-39-8-4-30-66(75)69-33-7-11-42-78(69)97(94)102(88-50-25-47-82-73-37-15-21-53-91(73)106-100(82)88)87-49-18-13-35-71(87)80-44-24-46-83-84-59-63(54-56-93(84)105-99(80)83)62-28-22-29-64(58-62)95-76-40-9-5-31-67(76)68-32-6-10-41-77(68)96(95)101(65-55-57-92-85(60-65)74-38-16-19-51-89(74)103-92)86-48-17-12-34-70(86)79-43-23-45-81-72-36-14-20-52-90(72)104-98(79)81/h1-60H. The summed E-state index contributed by atoms with van der Waals surface area (Å²) in [6, 6.07) is 137. The van der Waals surface area contributed by atoms with E-state index in [2.05, 4.69) is 374 Å². The van der Waals surface area contributed by atoms with Crippen molar-refractivity contribution in [3.8, 4) is 55.6 Å². The molecule has 22 aromatic rings. The number of hydrogen-bond donors (Lipinski definition) is 0. The van der Waals surface area contributed by atoms with Gasteiger partial charge in [0, 0.05) is 126 Å². The number of nitrogens with zero attached hydrogens (tertiary/aromatic N) is 2. The minimum atomic E-state index is 1.10. The minimum Gasteiger partial charge on any atom is -0.309 e. The number of anilines is 6. The third-order valence-corrected chi connectivity index (χ3v) is 26.6. The lowest BCUT2D eigenvalue weighted by Crippen LogP contribution is -2.13. The first-order chi connectivity index (χ1) is 52.6. The Bertz CT molecular complexity index is 7380. The SMILES string of the molecule is c1ccc(-c2c(N(c3ccccc3-c3cccc4c3sc3ccc(-c5cccc(-c6c(N(c7ccc8sc9ccccc9c8c7)c7ccccc7-c7cccc8c7sc7ccccc78)c7ccccc7c7ccccc67)c5)cc34)c3cccc4c3sc3ccccc34)c3ccccc3c3ccccc23)cc1. The summed E-state index contributed by atoms with van der Waals surface area (Å²) in [6.45, 7) is 0. The zero-order valence-electron chi connectivity index (χ0n) is 57.2. The molecule has 0 N–H and O–H groups in total. The Kier molecular flexibility index (Phi) is 14.1. The third kappa shape index (κ3) is 9.52. The lowest BCUT2D eigenvalue weighted by Gasteiger charge is -2.32. The highest BCUT2D eigenvalue weighted by Crippen LogP contribution is 2.57. The van der Waals surface area contributed by atoms with E-state index in [1.807, 2.05) is 45.3 Å². The van der Waals surface area contributed by atoms with Crippen molar-refractivity contribution < 1.29 is 0 Å². The number of rotatable bonds is 11. The summed E-state index contributed by atoms with van der Waals surface area (Å²) in [7, 11) is 0. The molecule has 494 valence electrons. The fourth-order valence-corrected chi connectivity index (χ4v) is 22.0. The quantitative estimate of drug-likeness (QED) is 0.119. The van der Waals surface area contributed by atoms with E-state index in [4.69, 9.17) is 0 Å². The molecule has 0 saturated heterocycles. The molecule has 0 bridgehead atoms. The maximum Gasteiger partial charge on any atom is 0.0641 e. The van der Waals surface area contributed by atoms with Crippen molar-refractivity contribution in [3.05, 3.63) is 364 Å². The van der Waals surface area contributed by atoms with Crippen LogP contribution in [-0.4, -0.2) is 0 Å². The van der Waals surface area contributed by atoms with Crippen LogP contribution in [0, 0.1) is 0 Å². The molecule has 0 aliphatic rings. The molecule has 0 aliphatic heterocycles. The first-order valence-electron chi connectivity index (χ1n) is 36.1. The maximum absolute atomic E-state index is 2.63. The molecule has 4 heterocycles.